The number of hydrogen-bond donors (Lipinski definition) is 2. The van der Waals surface area contributed by atoms with Gasteiger partial charge in [0.2, 0.25) is 0 Å². The first-order valence-corrected chi connectivity index (χ1v) is 4.33. The molecule has 4 nitrogen and oxygen atoms in total. The molecule has 0 aromatic rings. The SMILES string of the molecule is COCC1(CNO)CCCCO1. The van der Waals surface area contributed by atoms with Crippen LogP contribution in [-0.2, 0) is 9.47 Å². The van der Waals surface area contributed by atoms with Crippen LogP contribution in [-0.4, -0.2) is 37.7 Å². The van der Waals surface area contributed by atoms with Gasteiger partial charge in [0.15, 0.2) is 0 Å². The predicted molar refractivity (Wildman–Crippen MR) is 44.2 cm³/mol. The van der Waals surface area contributed by atoms with Crippen LogP contribution < -0.4 is 5.48 Å². The molecule has 1 unspecified atom stereocenters. The van der Waals surface area contributed by atoms with Gasteiger partial charge in [-0.15, -0.1) is 0 Å². The molecule has 0 aliphatic carbocycles. The van der Waals surface area contributed by atoms with E-state index in [4.69, 9.17) is 14.7 Å². The second kappa shape index (κ2) is 4.77. The highest BCUT2D eigenvalue weighted by Gasteiger charge is 2.32. The zero-order valence-electron chi connectivity index (χ0n) is 7.51. The molecule has 0 aromatic heterocycles. The fraction of sp³-hybridized carbons (Fsp3) is 1.00. The Morgan fingerprint density at radius 3 is 2.92 bits per heavy atom. The summed E-state index contributed by atoms with van der Waals surface area (Å²) in [6.07, 6.45) is 3.20. The number of hydrogen-bond acceptors (Lipinski definition) is 4. The van der Waals surface area contributed by atoms with Gasteiger partial charge in [0.1, 0.15) is 5.60 Å². The van der Waals surface area contributed by atoms with Gasteiger partial charge in [-0.05, 0) is 19.3 Å². The van der Waals surface area contributed by atoms with Crippen LogP contribution in [0.2, 0.25) is 0 Å². The Balaban J connectivity index is 2.44. The van der Waals surface area contributed by atoms with Gasteiger partial charge in [0, 0.05) is 13.7 Å². The largest absolute Gasteiger partial charge is 0.382 e. The van der Waals surface area contributed by atoms with E-state index in [1.807, 2.05) is 0 Å². The molecule has 0 aromatic carbocycles. The maximum atomic E-state index is 8.62. The van der Waals surface area contributed by atoms with Gasteiger partial charge in [-0.25, -0.2) is 5.48 Å². The zero-order valence-corrected chi connectivity index (χ0v) is 7.51. The number of ether oxygens (including phenoxy) is 2. The third kappa shape index (κ3) is 2.42. The van der Waals surface area contributed by atoms with Crippen molar-refractivity contribution in [3.05, 3.63) is 0 Å². The summed E-state index contributed by atoms with van der Waals surface area (Å²) in [4.78, 5) is 0. The first-order chi connectivity index (χ1) is 5.83. The Labute approximate surface area is 72.8 Å². The van der Waals surface area contributed by atoms with Gasteiger partial charge < -0.3 is 14.7 Å². The number of methoxy groups -OCH3 is 1. The molecule has 1 saturated heterocycles. The standard InChI is InChI=1S/C8H17NO3/c1-11-7-8(6-9-10)4-2-3-5-12-8/h9-10H,2-7H2,1H3. The van der Waals surface area contributed by atoms with Gasteiger partial charge in [-0.1, -0.05) is 0 Å². The van der Waals surface area contributed by atoms with E-state index in [0.717, 1.165) is 25.9 Å². The van der Waals surface area contributed by atoms with E-state index in [1.54, 1.807) is 7.11 Å². The lowest BCUT2D eigenvalue weighted by atomic mass is 9.95. The summed E-state index contributed by atoms with van der Waals surface area (Å²) in [5.74, 6) is 0. The highest BCUT2D eigenvalue weighted by molar-refractivity contribution is 4.84. The van der Waals surface area contributed by atoms with E-state index in [1.165, 1.54) is 0 Å². The molecule has 1 rings (SSSR count). The molecule has 2 N–H and O–H groups in total. The molecule has 0 bridgehead atoms. The van der Waals surface area contributed by atoms with Crippen LogP contribution in [0.25, 0.3) is 0 Å². The molecule has 0 radical (unpaired) electrons. The van der Waals surface area contributed by atoms with E-state index in [2.05, 4.69) is 5.48 Å². The first kappa shape index (κ1) is 9.92. The molecular weight excluding hydrogens is 158 g/mol. The van der Waals surface area contributed by atoms with Crippen LogP contribution in [0.3, 0.4) is 0 Å². The summed E-state index contributed by atoms with van der Waals surface area (Å²) < 4.78 is 10.7. The smallest absolute Gasteiger partial charge is 0.106 e. The summed E-state index contributed by atoms with van der Waals surface area (Å²) in [6.45, 7) is 1.76. The van der Waals surface area contributed by atoms with Crippen LogP contribution in [0.5, 0.6) is 0 Å². The molecule has 1 aliphatic heterocycles. The molecule has 72 valence electrons. The second-order valence-corrected chi connectivity index (χ2v) is 3.26. The molecule has 4 heteroatoms. The monoisotopic (exact) mass is 175 g/mol. The lowest BCUT2D eigenvalue weighted by molar-refractivity contribution is -0.125. The highest BCUT2D eigenvalue weighted by atomic mass is 16.5. The minimum atomic E-state index is -0.304. The van der Waals surface area contributed by atoms with E-state index >= 15 is 0 Å². The fourth-order valence-electron chi connectivity index (χ4n) is 1.62. The Kier molecular flexibility index (Phi) is 3.94. The van der Waals surface area contributed by atoms with Crippen molar-refractivity contribution >= 4 is 0 Å². The van der Waals surface area contributed by atoms with Crippen molar-refractivity contribution in [1.82, 2.24) is 5.48 Å². The van der Waals surface area contributed by atoms with Crippen molar-refractivity contribution in [3.63, 3.8) is 0 Å². The van der Waals surface area contributed by atoms with Crippen molar-refractivity contribution in [2.24, 2.45) is 0 Å². The number of hydroxylamine groups is 1. The Morgan fingerprint density at radius 1 is 1.58 bits per heavy atom. The van der Waals surface area contributed by atoms with Gasteiger partial charge in [0.05, 0.1) is 13.2 Å². The first-order valence-electron chi connectivity index (χ1n) is 4.33. The molecule has 0 saturated carbocycles. The van der Waals surface area contributed by atoms with Crippen LogP contribution in [0, 0.1) is 0 Å². The van der Waals surface area contributed by atoms with E-state index in [-0.39, 0.29) is 5.60 Å². The summed E-state index contributed by atoms with van der Waals surface area (Å²) in [5, 5.41) is 8.62. The molecule has 1 aliphatic rings. The molecule has 1 fully saturated rings. The Bertz CT molecular complexity index is 108. The average molecular weight is 175 g/mol. The third-order valence-electron chi connectivity index (χ3n) is 2.24. The van der Waals surface area contributed by atoms with Crippen molar-refractivity contribution < 1.29 is 14.7 Å². The van der Waals surface area contributed by atoms with Crippen molar-refractivity contribution in [2.75, 3.05) is 26.9 Å². The minimum Gasteiger partial charge on any atom is -0.382 e. The lowest BCUT2D eigenvalue weighted by Gasteiger charge is -2.36. The molecule has 1 heterocycles. The average Bonchev–Trinajstić information content (AvgIpc) is 2.07. The zero-order chi connectivity index (χ0) is 8.86. The van der Waals surface area contributed by atoms with Gasteiger partial charge in [0.25, 0.3) is 0 Å². The maximum Gasteiger partial charge on any atom is 0.106 e. The molecule has 0 amide bonds. The lowest BCUT2D eigenvalue weighted by Crippen LogP contribution is -2.48. The van der Waals surface area contributed by atoms with E-state index in [0.29, 0.717) is 13.2 Å². The quantitative estimate of drug-likeness (QED) is 0.613. The topological polar surface area (TPSA) is 50.7 Å². The van der Waals surface area contributed by atoms with Crippen LogP contribution in [0.15, 0.2) is 0 Å². The normalized spacial score (nSPS) is 30.5. The molecule has 0 spiro atoms. The van der Waals surface area contributed by atoms with Crippen LogP contribution >= 0.6 is 0 Å². The number of rotatable bonds is 4. The highest BCUT2D eigenvalue weighted by Crippen LogP contribution is 2.24. The van der Waals surface area contributed by atoms with Crippen molar-refractivity contribution in [1.29, 1.82) is 0 Å². The van der Waals surface area contributed by atoms with E-state index < -0.39 is 0 Å². The molecular formula is C8H17NO3. The maximum absolute atomic E-state index is 8.62. The molecule has 1 atom stereocenters. The van der Waals surface area contributed by atoms with Crippen LogP contribution in [0.4, 0.5) is 0 Å². The third-order valence-corrected chi connectivity index (χ3v) is 2.24. The summed E-state index contributed by atoms with van der Waals surface area (Å²) in [5.41, 5.74) is 1.85. The second-order valence-electron chi connectivity index (χ2n) is 3.26. The van der Waals surface area contributed by atoms with E-state index in [9.17, 15) is 0 Å². The molecule has 12 heavy (non-hydrogen) atoms. The summed E-state index contributed by atoms with van der Waals surface area (Å²) in [6, 6.07) is 0. The number of nitrogens with one attached hydrogen (secondary N) is 1. The summed E-state index contributed by atoms with van der Waals surface area (Å²) >= 11 is 0. The fourth-order valence-corrected chi connectivity index (χ4v) is 1.62. The Morgan fingerprint density at radius 2 is 2.42 bits per heavy atom. The Hall–Kier alpha value is -0.160. The van der Waals surface area contributed by atoms with Crippen LogP contribution in [0.1, 0.15) is 19.3 Å². The van der Waals surface area contributed by atoms with Gasteiger partial charge in [-0.3, -0.25) is 0 Å². The van der Waals surface area contributed by atoms with Gasteiger partial charge >= 0.3 is 0 Å². The minimum absolute atomic E-state index is 0.304. The van der Waals surface area contributed by atoms with Gasteiger partial charge in [-0.2, -0.15) is 0 Å². The summed E-state index contributed by atoms with van der Waals surface area (Å²) in [7, 11) is 1.65. The predicted octanol–water partition coefficient (Wildman–Crippen LogP) is 0.551. The van der Waals surface area contributed by atoms with Crippen molar-refractivity contribution in [2.45, 2.75) is 24.9 Å². The van der Waals surface area contributed by atoms with Crippen molar-refractivity contribution in [3.8, 4) is 0 Å².